The van der Waals surface area contributed by atoms with E-state index in [-0.39, 0.29) is 29.2 Å². The number of hydrazine groups is 1. The molecule has 0 aliphatic heterocycles. The summed E-state index contributed by atoms with van der Waals surface area (Å²) in [6.45, 7) is 0.166. The molecule has 3 rings (SSSR count). The number of benzene rings is 1. The zero-order chi connectivity index (χ0) is 17.3. The van der Waals surface area contributed by atoms with E-state index >= 15 is 0 Å². The highest BCUT2D eigenvalue weighted by molar-refractivity contribution is 5.88. The van der Waals surface area contributed by atoms with Crippen molar-refractivity contribution >= 4 is 28.8 Å². The van der Waals surface area contributed by atoms with E-state index in [0.717, 1.165) is 0 Å². The van der Waals surface area contributed by atoms with Crippen LogP contribution >= 0.6 is 0 Å². The molecule has 1 aromatic carbocycles. The fourth-order valence-electron chi connectivity index (χ4n) is 2.11. The van der Waals surface area contributed by atoms with Gasteiger partial charge in [-0.3, -0.25) is 9.78 Å². The molecule has 10 nitrogen and oxygen atoms in total. The van der Waals surface area contributed by atoms with Crippen molar-refractivity contribution in [2.45, 2.75) is 6.54 Å². The van der Waals surface area contributed by atoms with Crippen molar-refractivity contribution in [3.05, 3.63) is 52.1 Å². The Morgan fingerprint density at radius 1 is 1.25 bits per heavy atom. The van der Waals surface area contributed by atoms with Crippen LogP contribution in [0.25, 0.3) is 11.2 Å². The van der Waals surface area contributed by atoms with Gasteiger partial charge < -0.3 is 15.8 Å². The fourth-order valence-corrected chi connectivity index (χ4v) is 2.11. The Balaban J connectivity index is 1.86. The van der Waals surface area contributed by atoms with Crippen LogP contribution in [0.15, 0.2) is 35.3 Å². The quantitative estimate of drug-likeness (QED) is 0.377. The number of aromatic carboxylic acids is 1. The third kappa shape index (κ3) is 2.98. The number of fused-ring (bicyclic) bond motifs is 1. The van der Waals surface area contributed by atoms with Gasteiger partial charge in [-0.2, -0.15) is 4.98 Å². The van der Waals surface area contributed by atoms with Crippen molar-refractivity contribution in [1.29, 1.82) is 0 Å². The smallest absolute Gasteiger partial charge is 0.335 e. The number of hydrogen-bond donors (Lipinski definition) is 4. The first-order chi connectivity index (χ1) is 11.4. The highest BCUT2D eigenvalue weighted by atomic mass is 16.4. The van der Waals surface area contributed by atoms with E-state index in [1.54, 1.807) is 12.1 Å². The van der Waals surface area contributed by atoms with Crippen molar-refractivity contribution in [2.24, 2.45) is 5.84 Å². The second-order valence-corrected chi connectivity index (χ2v) is 4.96. The zero-order valence-corrected chi connectivity index (χ0v) is 12.3. The number of nitrogen functional groups attached to an aromatic ring is 1. The molecule has 0 radical (unpaired) electrons. The number of aromatic amines is 1. The number of aromatic nitrogens is 4. The minimum atomic E-state index is -1.02. The van der Waals surface area contributed by atoms with E-state index in [1.165, 1.54) is 23.3 Å². The molecule has 3 aromatic rings. The molecule has 0 aliphatic rings. The van der Waals surface area contributed by atoms with Gasteiger partial charge in [0.2, 0.25) is 5.95 Å². The van der Waals surface area contributed by atoms with Gasteiger partial charge in [-0.1, -0.05) is 0 Å². The molecule has 0 amide bonds. The van der Waals surface area contributed by atoms with Crippen LogP contribution in [0.4, 0.5) is 11.6 Å². The summed E-state index contributed by atoms with van der Waals surface area (Å²) in [6.07, 6.45) is 1.44. The average molecular weight is 327 g/mol. The highest BCUT2D eigenvalue weighted by Gasteiger charge is 2.10. The molecule has 0 fully saturated rings. The van der Waals surface area contributed by atoms with Crippen LogP contribution in [0.5, 0.6) is 0 Å². The molecule has 0 atom stereocenters. The Morgan fingerprint density at radius 2 is 1.96 bits per heavy atom. The molecule has 2 aromatic heterocycles. The maximum Gasteiger partial charge on any atom is 0.335 e. The maximum atomic E-state index is 11.8. The van der Waals surface area contributed by atoms with Gasteiger partial charge >= 0.3 is 5.97 Å². The van der Waals surface area contributed by atoms with Crippen LogP contribution in [0.2, 0.25) is 0 Å². The van der Waals surface area contributed by atoms with Gasteiger partial charge in [-0.25, -0.2) is 20.6 Å². The minimum absolute atomic E-state index is 0.0338. The molecule has 0 aliphatic carbocycles. The first-order valence-electron chi connectivity index (χ1n) is 6.81. The third-order valence-corrected chi connectivity index (χ3v) is 3.26. The molecule has 122 valence electrons. The SMILES string of the molecule is Nc1nc2ncc(CN(N)c3ccc(C(=O)O)cc3)nc2c(=O)[nH]1. The highest BCUT2D eigenvalue weighted by Crippen LogP contribution is 2.15. The standard InChI is InChI=1S/C14H13N7O3/c15-14-19-11-10(12(22)20-14)18-8(5-17-11)6-21(16)9-3-1-7(2-4-9)13(23)24/h1-5H,6,16H2,(H,23,24)(H3,15,17,19,20,22). The normalized spacial score (nSPS) is 10.7. The summed E-state index contributed by atoms with van der Waals surface area (Å²) >= 11 is 0. The van der Waals surface area contributed by atoms with Crippen molar-refractivity contribution < 1.29 is 9.90 Å². The lowest BCUT2D eigenvalue weighted by atomic mass is 10.2. The Hall–Kier alpha value is -3.53. The Bertz CT molecular complexity index is 968. The third-order valence-electron chi connectivity index (χ3n) is 3.26. The molecule has 6 N–H and O–H groups in total. The van der Waals surface area contributed by atoms with Gasteiger partial charge in [0.05, 0.1) is 29.7 Å². The topological polar surface area (TPSA) is 164 Å². The van der Waals surface area contributed by atoms with Gasteiger partial charge in [0.25, 0.3) is 5.56 Å². The number of nitrogens with zero attached hydrogens (tertiary/aromatic N) is 4. The number of anilines is 2. The zero-order valence-electron chi connectivity index (χ0n) is 12.3. The number of carboxylic acids is 1. The molecular weight excluding hydrogens is 314 g/mol. The van der Waals surface area contributed by atoms with Crippen LogP contribution in [0.1, 0.15) is 16.1 Å². The predicted molar refractivity (Wildman–Crippen MR) is 86.1 cm³/mol. The summed E-state index contributed by atoms with van der Waals surface area (Å²) in [5.74, 6) is 4.91. The Kier molecular flexibility index (Phi) is 3.80. The van der Waals surface area contributed by atoms with Crippen LogP contribution in [0.3, 0.4) is 0 Å². The second kappa shape index (κ2) is 5.93. The van der Waals surface area contributed by atoms with Crippen molar-refractivity contribution in [2.75, 3.05) is 10.7 Å². The molecule has 0 spiro atoms. The van der Waals surface area contributed by atoms with Gasteiger partial charge in [0.15, 0.2) is 11.2 Å². The van der Waals surface area contributed by atoms with Crippen molar-refractivity contribution in [3.63, 3.8) is 0 Å². The summed E-state index contributed by atoms with van der Waals surface area (Å²) in [6, 6.07) is 6.04. The lowest BCUT2D eigenvalue weighted by Gasteiger charge is -2.18. The number of carbonyl (C=O) groups is 1. The number of hydrogen-bond acceptors (Lipinski definition) is 8. The maximum absolute atomic E-state index is 11.8. The van der Waals surface area contributed by atoms with E-state index in [9.17, 15) is 9.59 Å². The summed E-state index contributed by atoms with van der Waals surface area (Å²) in [5, 5.41) is 10.2. The fraction of sp³-hybridized carbons (Fsp3) is 0.0714. The monoisotopic (exact) mass is 327 g/mol. The first-order valence-corrected chi connectivity index (χ1v) is 6.81. The van der Waals surface area contributed by atoms with Crippen LogP contribution in [-0.2, 0) is 6.54 Å². The molecule has 24 heavy (non-hydrogen) atoms. The van der Waals surface area contributed by atoms with Crippen molar-refractivity contribution in [1.82, 2.24) is 19.9 Å². The Morgan fingerprint density at radius 3 is 2.62 bits per heavy atom. The van der Waals surface area contributed by atoms with E-state index in [4.69, 9.17) is 16.7 Å². The van der Waals surface area contributed by atoms with Crippen LogP contribution in [0, 0.1) is 0 Å². The van der Waals surface area contributed by atoms with Gasteiger partial charge in [0.1, 0.15) is 0 Å². The second-order valence-electron chi connectivity index (χ2n) is 4.96. The lowest BCUT2D eigenvalue weighted by Crippen LogP contribution is -2.30. The largest absolute Gasteiger partial charge is 0.478 e. The van der Waals surface area contributed by atoms with E-state index in [1.807, 2.05) is 0 Å². The minimum Gasteiger partial charge on any atom is -0.478 e. The predicted octanol–water partition coefficient (Wildman–Crippen LogP) is -0.126. The van der Waals surface area contributed by atoms with Crippen LogP contribution < -0.4 is 22.1 Å². The average Bonchev–Trinajstić information content (AvgIpc) is 2.55. The molecule has 0 bridgehead atoms. The van der Waals surface area contributed by atoms with Gasteiger partial charge in [0, 0.05) is 0 Å². The Labute approximate surface area is 134 Å². The number of nitrogens with two attached hydrogens (primary N) is 2. The molecule has 2 heterocycles. The van der Waals surface area contributed by atoms with E-state index in [2.05, 4.69) is 19.9 Å². The van der Waals surface area contributed by atoms with E-state index in [0.29, 0.717) is 11.4 Å². The van der Waals surface area contributed by atoms with Gasteiger partial charge in [-0.05, 0) is 24.3 Å². The molecule has 0 unspecified atom stereocenters. The molecule has 0 saturated carbocycles. The summed E-state index contributed by atoms with van der Waals surface area (Å²) in [7, 11) is 0. The number of nitrogens with one attached hydrogen (secondary N) is 1. The van der Waals surface area contributed by atoms with E-state index < -0.39 is 11.5 Å². The number of carboxylic acid groups (broad SMARTS) is 1. The summed E-state index contributed by atoms with van der Waals surface area (Å²) in [5.41, 5.74) is 6.37. The molecular formula is C14H13N7O3. The number of H-pyrrole nitrogens is 1. The summed E-state index contributed by atoms with van der Waals surface area (Å²) in [4.78, 5) is 37.2. The number of rotatable bonds is 4. The molecule has 10 heteroatoms. The van der Waals surface area contributed by atoms with Crippen molar-refractivity contribution in [3.8, 4) is 0 Å². The summed E-state index contributed by atoms with van der Waals surface area (Å²) < 4.78 is 0. The van der Waals surface area contributed by atoms with Gasteiger partial charge in [-0.15, -0.1) is 0 Å². The lowest BCUT2D eigenvalue weighted by molar-refractivity contribution is 0.0697. The molecule has 0 saturated heterocycles. The van der Waals surface area contributed by atoms with Crippen LogP contribution in [-0.4, -0.2) is 31.0 Å². The first kappa shape index (κ1) is 15.4.